The summed E-state index contributed by atoms with van der Waals surface area (Å²) in [6, 6.07) is 10.6. The van der Waals surface area contributed by atoms with E-state index in [0.29, 0.717) is 48.6 Å². The maximum absolute atomic E-state index is 12.9. The van der Waals surface area contributed by atoms with Crippen LogP contribution in [0.15, 0.2) is 42.5 Å². The van der Waals surface area contributed by atoms with Gasteiger partial charge in [0.1, 0.15) is 17.5 Å². The van der Waals surface area contributed by atoms with Gasteiger partial charge in [-0.2, -0.15) is 0 Å². The largest absolute Gasteiger partial charge is 0.382 e. The van der Waals surface area contributed by atoms with E-state index in [9.17, 15) is 19.4 Å². The zero-order valence-corrected chi connectivity index (χ0v) is 16.9. The van der Waals surface area contributed by atoms with Gasteiger partial charge in [0.2, 0.25) is 0 Å². The van der Waals surface area contributed by atoms with Gasteiger partial charge in [-0.25, -0.2) is 4.39 Å². The van der Waals surface area contributed by atoms with Crippen LogP contribution in [0.3, 0.4) is 0 Å². The number of aliphatic hydroxyl groups is 2. The van der Waals surface area contributed by atoms with E-state index in [1.54, 1.807) is 18.2 Å². The lowest BCUT2D eigenvalue weighted by molar-refractivity contribution is -0.00405. The third-order valence-electron chi connectivity index (χ3n) is 5.27. The Bertz CT molecular complexity index is 941. The number of hydrogen-bond donors (Lipinski definition) is 2. The quantitative estimate of drug-likeness (QED) is 0.592. The molecular formula is C23H23ClFNO3. The van der Waals surface area contributed by atoms with Gasteiger partial charge in [0, 0.05) is 23.7 Å². The number of carbonyl (C=O) groups excluding carboxylic acids is 1. The normalized spacial score (nSPS) is 17.3. The number of benzene rings is 2. The fourth-order valence-corrected chi connectivity index (χ4v) is 3.47. The molecule has 0 radical (unpaired) electrons. The van der Waals surface area contributed by atoms with Gasteiger partial charge in [0.05, 0.1) is 6.54 Å². The molecule has 29 heavy (non-hydrogen) atoms. The summed E-state index contributed by atoms with van der Waals surface area (Å²) >= 11 is 6.10. The summed E-state index contributed by atoms with van der Waals surface area (Å²) in [6.07, 6.45) is -0.371. The molecular weight excluding hydrogens is 393 g/mol. The lowest BCUT2D eigenvalue weighted by Gasteiger charge is -2.36. The molecule has 3 rings (SSSR count). The average Bonchev–Trinajstić information content (AvgIpc) is 2.71. The molecule has 1 heterocycles. The molecule has 0 aliphatic carbocycles. The molecule has 1 aliphatic heterocycles. The number of Topliss-reactive ketones (excluding diaryl/α,β-unsaturated/α-hetero) is 1. The highest BCUT2D eigenvalue weighted by atomic mass is 35.5. The first kappa shape index (κ1) is 21.5. The van der Waals surface area contributed by atoms with E-state index in [4.69, 9.17) is 11.6 Å². The molecule has 1 atom stereocenters. The third-order valence-corrected chi connectivity index (χ3v) is 5.67. The van der Waals surface area contributed by atoms with Crippen LogP contribution in [-0.2, 0) is 0 Å². The van der Waals surface area contributed by atoms with Gasteiger partial charge >= 0.3 is 0 Å². The molecule has 1 unspecified atom stereocenters. The highest BCUT2D eigenvalue weighted by Gasteiger charge is 2.39. The topological polar surface area (TPSA) is 60.8 Å². The first-order chi connectivity index (χ1) is 13.8. The van der Waals surface area contributed by atoms with E-state index < -0.39 is 11.7 Å². The van der Waals surface area contributed by atoms with Gasteiger partial charge in [-0.3, -0.25) is 9.69 Å². The van der Waals surface area contributed by atoms with Crippen LogP contribution in [0.4, 0.5) is 4.39 Å². The van der Waals surface area contributed by atoms with Crippen molar-refractivity contribution in [2.45, 2.75) is 31.5 Å². The van der Waals surface area contributed by atoms with Crippen molar-refractivity contribution in [3.63, 3.8) is 0 Å². The molecule has 2 N–H and O–H groups in total. The summed E-state index contributed by atoms with van der Waals surface area (Å²) in [7, 11) is 0. The van der Waals surface area contributed by atoms with E-state index in [-0.39, 0.29) is 11.6 Å². The molecule has 1 saturated heterocycles. The molecule has 152 valence electrons. The van der Waals surface area contributed by atoms with E-state index in [0.717, 1.165) is 5.56 Å². The van der Waals surface area contributed by atoms with Gasteiger partial charge in [-0.05, 0) is 49.1 Å². The Balaban J connectivity index is 1.55. The van der Waals surface area contributed by atoms with E-state index in [1.165, 1.54) is 24.3 Å². The van der Waals surface area contributed by atoms with Gasteiger partial charge in [0.25, 0.3) is 0 Å². The van der Waals surface area contributed by atoms with Gasteiger partial charge in [0.15, 0.2) is 5.78 Å². The van der Waals surface area contributed by atoms with Gasteiger partial charge < -0.3 is 10.2 Å². The molecule has 0 saturated carbocycles. The van der Waals surface area contributed by atoms with Crippen LogP contribution in [0.5, 0.6) is 0 Å². The molecule has 0 aromatic heterocycles. The Morgan fingerprint density at radius 1 is 1.24 bits per heavy atom. The zero-order valence-electron chi connectivity index (χ0n) is 16.2. The SMILES string of the molecule is Cc1ccc(C(=O)C2(O)CCN(CC#CC(O)c3ccc(F)cc3)CC2)cc1Cl. The first-order valence-electron chi connectivity index (χ1n) is 9.46. The number of nitrogens with zero attached hydrogens (tertiary/aromatic N) is 1. The Morgan fingerprint density at radius 3 is 2.52 bits per heavy atom. The van der Waals surface area contributed by atoms with Crippen LogP contribution < -0.4 is 0 Å². The lowest BCUT2D eigenvalue weighted by Crippen LogP contribution is -2.49. The van der Waals surface area contributed by atoms with Crippen LogP contribution in [0.2, 0.25) is 5.02 Å². The molecule has 6 heteroatoms. The maximum atomic E-state index is 12.9. The molecule has 2 aromatic rings. The van der Waals surface area contributed by atoms with Crippen LogP contribution >= 0.6 is 11.6 Å². The monoisotopic (exact) mass is 415 g/mol. The summed E-state index contributed by atoms with van der Waals surface area (Å²) in [5, 5.41) is 21.4. The third kappa shape index (κ3) is 5.23. The Labute approximate surface area is 174 Å². The van der Waals surface area contributed by atoms with Crippen molar-refractivity contribution in [1.82, 2.24) is 4.90 Å². The number of likely N-dealkylation sites (tertiary alicyclic amines) is 1. The first-order valence-corrected chi connectivity index (χ1v) is 9.84. The van der Waals surface area contributed by atoms with Crippen molar-refractivity contribution in [3.8, 4) is 11.8 Å². The summed E-state index contributed by atoms with van der Waals surface area (Å²) in [4.78, 5) is 14.8. The number of halogens is 2. The van der Waals surface area contributed by atoms with Crippen molar-refractivity contribution in [1.29, 1.82) is 0 Å². The number of aryl methyl sites for hydroxylation is 1. The van der Waals surface area contributed by atoms with E-state index >= 15 is 0 Å². The predicted octanol–water partition coefficient (Wildman–Crippen LogP) is 3.53. The molecule has 1 fully saturated rings. The van der Waals surface area contributed by atoms with Crippen LogP contribution in [-0.4, -0.2) is 46.1 Å². The molecule has 4 nitrogen and oxygen atoms in total. The molecule has 2 aromatic carbocycles. The van der Waals surface area contributed by atoms with E-state index in [1.807, 2.05) is 11.8 Å². The van der Waals surface area contributed by atoms with Gasteiger partial charge in [-0.1, -0.05) is 47.7 Å². The number of hydrogen-bond acceptors (Lipinski definition) is 4. The number of rotatable bonds is 4. The van der Waals surface area contributed by atoms with Crippen LogP contribution in [0, 0.1) is 24.6 Å². The average molecular weight is 416 g/mol. The van der Waals surface area contributed by atoms with Crippen LogP contribution in [0.25, 0.3) is 0 Å². The minimum Gasteiger partial charge on any atom is -0.382 e. The Kier molecular flexibility index (Phi) is 6.71. The summed E-state index contributed by atoms with van der Waals surface area (Å²) in [5.41, 5.74) is 0.426. The van der Waals surface area contributed by atoms with Crippen molar-refractivity contribution in [3.05, 3.63) is 70.0 Å². The number of aliphatic hydroxyl groups excluding tert-OH is 1. The number of piperidine rings is 1. The lowest BCUT2D eigenvalue weighted by atomic mass is 9.84. The summed E-state index contributed by atoms with van der Waals surface area (Å²) < 4.78 is 12.9. The minimum absolute atomic E-state index is 0.305. The number of ketones is 1. The molecule has 0 amide bonds. The van der Waals surface area contributed by atoms with Crippen molar-refractivity contribution >= 4 is 17.4 Å². The fraction of sp³-hybridized carbons (Fsp3) is 0.348. The maximum Gasteiger partial charge on any atom is 0.194 e. The summed E-state index contributed by atoms with van der Waals surface area (Å²) in [5.74, 6) is 4.99. The predicted molar refractivity (Wildman–Crippen MR) is 110 cm³/mol. The smallest absolute Gasteiger partial charge is 0.194 e. The second kappa shape index (κ2) is 9.06. The highest BCUT2D eigenvalue weighted by molar-refractivity contribution is 6.31. The van der Waals surface area contributed by atoms with Crippen LogP contribution in [0.1, 0.15) is 40.4 Å². The minimum atomic E-state index is -1.41. The standard InChI is InChI=1S/C23H23ClFNO3/c1-16-4-5-18(15-20(16)24)22(28)23(29)10-13-26(14-11-23)12-2-3-21(27)17-6-8-19(25)9-7-17/h4-9,15,21,27,29H,10-14H2,1H3. The fourth-order valence-electron chi connectivity index (χ4n) is 3.29. The Morgan fingerprint density at radius 2 is 1.90 bits per heavy atom. The zero-order chi connectivity index (χ0) is 21.0. The second-order valence-corrected chi connectivity index (χ2v) is 7.78. The Hall–Kier alpha value is -2.23. The van der Waals surface area contributed by atoms with Crippen molar-refractivity contribution < 1.29 is 19.4 Å². The highest BCUT2D eigenvalue weighted by Crippen LogP contribution is 2.28. The van der Waals surface area contributed by atoms with E-state index in [2.05, 4.69) is 11.8 Å². The molecule has 1 aliphatic rings. The summed E-state index contributed by atoms with van der Waals surface area (Å²) in [6.45, 7) is 3.31. The van der Waals surface area contributed by atoms with Crippen molar-refractivity contribution in [2.24, 2.45) is 0 Å². The molecule has 0 bridgehead atoms. The van der Waals surface area contributed by atoms with Gasteiger partial charge in [-0.15, -0.1) is 0 Å². The van der Waals surface area contributed by atoms with Crippen molar-refractivity contribution in [2.75, 3.05) is 19.6 Å². The second-order valence-electron chi connectivity index (χ2n) is 7.38. The molecule has 0 spiro atoms. The number of carbonyl (C=O) groups is 1.